The Bertz CT molecular complexity index is 1140. The van der Waals surface area contributed by atoms with Gasteiger partial charge < -0.3 is 27.2 Å². The molecular weight excluding hydrogens is 789 g/mol. The smallest absolute Gasteiger partial charge is 0.334 e. The average Bonchev–Trinajstić information content (AvgIpc) is 3.69. The summed E-state index contributed by atoms with van der Waals surface area (Å²) in [6, 6.07) is 0. The molecule has 11 heteroatoms. The van der Waals surface area contributed by atoms with Gasteiger partial charge in [-0.1, -0.05) is 103 Å². The lowest BCUT2D eigenvalue weighted by atomic mass is 9.98. The van der Waals surface area contributed by atoms with Crippen LogP contribution in [-0.2, 0) is 32.0 Å². The maximum Gasteiger partial charge on any atom is 0.334 e. The molecule has 0 N–H and O–H groups in total. The van der Waals surface area contributed by atoms with Crippen LogP contribution in [0.25, 0.3) is 0 Å². The highest BCUT2D eigenvalue weighted by molar-refractivity contribution is 6.70. The molecule has 2 rings (SSSR count). The monoisotopic (exact) mass is 885 g/mol. The van der Waals surface area contributed by atoms with Crippen LogP contribution in [-0.4, -0.2) is 82.0 Å². The topological polar surface area (TPSA) is 72.5 Å². The molecule has 1 fully saturated rings. The van der Waals surface area contributed by atoms with E-state index in [1.54, 1.807) is 0 Å². The van der Waals surface area contributed by atoms with Crippen LogP contribution in [0.4, 0.5) is 0 Å². The molecule has 7 atom stereocenters. The van der Waals surface area contributed by atoms with Crippen molar-refractivity contribution in [2.45, 2.75) is 283 Å². The van der Waals surface area contributed by atoms with Crippen LogP contribution in [0.1, 0.15) is 162 Å². The Morgan fingerprint density at radius 1 is 0.534 bits per heavy atom. The van der Waals surface area contributed by atoms with Crippen molar-refractivity contribution >= 4 is 39.2 Å². The minimum atomic E-state index is -1.81. The largest absolute Gasteiger partial charge is 0.455 e. The number of carbonyl (C=O) groups is 1. The Labute approximate surface area is 364 Å². The number of unbranched alkanes of at least 4 members (excludes halogenated alkanes) is 13. The van der Waals surface area contributed by atoms with Gasteiger partial charge in [-0.3, -0.25) is 0 Å². The van der Waals surface area contributed by atoms with Crippen molar-refractivity contribution in [1.82, 2.24) is 0 Å². The van der Waals surface area contributed by atoms with Crippen molar-refractivity contribution in [3.8, 4) is 0 Å². The Hall–Kier alpha value is -0.122. The molecule has 0 aromatic carbocycles. The first kappa shape index (κ1) is 54.0. The Balaban J connectivity index is 1.93. The predicted molar refractivity (Wildman–Crippen MR) is 257 cm³/mol. The van der Waals surface area contributed by atoms with Gasteiger partial charge in [0.2, 0.25) is 0 Å². The molecular formula is C47H96O7Si4. The van der Waals surface area contributed by atoms with E-state index in [-0.39, 0.29) is 48.7 Å². The van der Waals surface area contributed by atoms with Crippen LogP contribution in [0.5, 0.6) is 0 Å². The fourth-order valence-corrected chi connectivity index (χ4v) is 13.5. The third-order valence-electron chi connectivity index (χ3n) is 11.1. The third kappa shape index (κ3) is 26.4. The van der Waals surface area contributed by atoms with Crippen LogP contribution in [0.2, 0.25) is 78.6 Å². The maximum atomic E-state index is 12.4. The van der Waals surface area contributed by atoms with Crippen molar-refractivity contribution < 1.29 is 32.0 Å². The second-order valence-corrected chi connectivity index (χ2v) is 39.8. The number of carbonyl (C=O) groups excluding carboxylic acids is 1. The van der Waals surface area contributed by atoms with E-state index in [0.717, 1.165) is 69.8 Å². The Kier molecular flexibility index (Phi) is 25.3. The van der Waals surface area contributed by atoms with Gasteiger partial charge in [0.05, 0.1) is 24.4 Å². The van der Waals surface area contributed by atoms with Gasteiger partial charge >= 0.3 is 5.97 Å². The molecule has 0 amide bonds. The van der Waals surface area contributed by atoms with Gasteiger partial charge in [0, 0.05) is 24.2 Å². The maximum absolute atomic E-state index is 12.4. The molecule has 2 heterocycles. The fraction of sp³-hybridized carbons (Fsp3) is 0.936. The highest BCUT2D eigenvalue weighted by atomic mass is 28.4. The summed E-state index contributed by atoms with van der Waals surface area (Å²) in [4.78, 5) is 12.4. The second kappa shape index (κ2) is 27.1. The molecule has 7 nitrogen and oxygen atoms in total. The lowest BCUT2D eigenvalue weighted by Gasteiger charge is -2.34. The number of rotatable bonds is 34. The van der Waals surface area contributed by atoms with Crippen LogP contribution in [0, 0.1) is 0 Å². The van der Waals surface area contributed by atoms with Gasteiger partial charge in [0.1, 0.15) is 6.10 Å². The van der Waals surface area contributed by atoms with Crippen molar-refractivity contribution in [1.29, 1.82) is 0 Å². The summed E-state index contributed by atoms with van der Waals surface area (Å²) < 4.78 is 39.7. The van der Waals surface area contributed by atoms with Gasteiger partial charge in [-0.05, 0) is 137 Å². The van der Waals surface area contributed by atoms with Crippen molar-refractivity contribution in [2.75, 3.05) is 0 Å². The quantitative estimate of drug-likeness (QED) is 0.0362. The summed E-state index contributed by atoms with van der Waals surface area (Å²) in [5.74, 6) is -0.174. The highest BCUT2D eigenvalue weighted by Gasteiger charge is 2.40. The van der Waals surface area contributed by atoms with Crippen LogP contribution >= 0.6 is 0 Å². The van der Waals surface area contributed by atoms with E-state index < -0.39 is 33.3 Å². The van der Waals surface area contributed by atoms with E-state index in [0.29, 0.717) is 6.42 Å². The SMILES string of the molecule is CCCCCCCCCCCCCC[C@H](O[Si](C)(C)C)[C@@H]1CC[C@H]([C@@H](CC[C@@H](CCCCC[C@H](CC2=C[C@H](C)OC2=O)O[Si](C)(C)C)O[Si](C)(C)C)O[Si](C)(C)C)O1. The van der Waals surface area contributed by atoms with E-state index >= 15 is 0 Å². The van der Waals surface area contributed by atoms with E-state index in [2.05, 4.69) is 85.5 Å². The minimum Gasteiger partial charge on any atom is -0.455 e. The number of ether oxygens (including phenoxy) is 2. The second-order valence-electron chi connectivity index (χ2n) is 21.9. The highest BCUT2D eigenvalue weighted by Crippen LogP contribution is 2.34. The molecule has 58 heavy (non-hydrogen) atoms. The van der Waals surface area contributed by atoms with E-state index in [1.807, 2.05) is 13.0 Å². The molecule has 0 aromatic heterocycles. The Morgan fingerprint density at radius 2 is 0.931 bits per heavy atom. The van der Waals surface area contributed by atoms with E-state index in [9.17, 15) is 4.79 Å². The molecule has 0 aromatic rings. The molecule has 0 saturated carbocycles. The van der Waals surface area contributed by atoms with Gasteiger partial charge in [-0.15, -0.1) is 0 Å². The minimum absolute atomic E-state index is 0.0692. The normalized spacial score (nSPS) is 21.6. The summed E-state index contributed by atoms with van der Waals surface area (Å²) in [7, 11) is -7.03. The van der Waals surface area contributed by atoms with E-state index in [4.69, 9.17) is 27.2 Å². The van der Waals surface area contributed by atoms with Crippen LogP contribution < -0.4 is 0 Å². The van der Waals surface area contributed by atoms with Crippen LogP contribution in [0.3, 0.4) is 0 Å². The first-order valence-corrected chi connectivity index (χ1v) is 38.0. The van der Waals surface area contributed by atoms with Crippen LogP contribution in [0.15, 0.2) is 11.6 Å². The molecule has 0 unspecified atom stereocenters. The zero-order valence-electron chi connectivity index (χ0n) is 40.7. The number of esters is 1. The first-order chi connectivity index (χ1) is 27.0. The third-order valence-corrected chi connectivity index (χ3v) is 15.2. The molecule has 0 radical (unpaired) electrons. The summed E-state index contributed by atoms with van der Waals surface area (Å²) in [5.41, 5.74) is 0.783. The van der Waals surface area contributed by atoms with Crippen molar-refractivity contribution in [3.63, 3.8) is 0 Å². The lowest BCUT2D eigenvalue weighted by Crippen LogP contribution is -2.42. The number of hydrogen-bond donors (Lipinski definition) is 0. The molecule has 0 aliphatic carbocycles. The lowest BCUT2D eigenvalue weighted by molar-refractivity contribution is -0.139. The molecule has 2 aliphatic rings. The summed E-state index contributed by atoms with van der Waals surface area (Å²) in [6.45, 7) is 31.8. The zero-order valence-corrected chi connectivity index (χ0v) is 44.7. The standard InChI is InChI=1S/C47H96O7Si4/c1-15-16-17-18-19-20-21-22-23-24-25-29-32-45(53-57(9,10)11)43-35-36-44(50-43)46(54-58(12,13)14)34-33-41(51-55(3,4)5)30-27-26-28-31-42(52-56(6,7)8)38-40-37-39(2)49-47(40)48/h37,39,41-46H,15-36,38H2,1-14H3/t39-,41+,42+,43-,44+,45-,46+/m0/s1. The average molecular weight is 886 g/mol. The van der Waals surface area contributed by atoms with Crippen molar-refractivity contribution in [2.24, 2.45) is 0 Å². The Morgan fingerprint density at radius 3 is 1.38 bits per heavy atom. The molecule has 2 aliphatic heterocycles. The first-order valence-electron chi connectivity index (χ1n) is 24.3. The summed E-state index contributed by atoms with van der Waals surface area (Å²) in [6.07, 6.45) is 30.5. The zero-order chi connectivity index (χ0) is 43.4. The number of cyclic esters (lactones) is 1. The summed E-state index contributed by atoms with van der Waals surface area (Å²) >= 11 is 0. The van der Waals surface area contributed by atoms with E-state index in [1.165, 1.54) is 77.0 Å². The van der Waals surface area contributed by atoms with Gasteiger partial charge in [-0.2, -0.15) is 0 Å². The van der Waals surface area contributed by atoms with Gasteiger partial charge in [0.25, 0.3) is 0 Å². The number of hydrogen-bond acceptors (Lipinski definition) is 7. The molecule has 1 saturated heterocycles. The van der Waals surface area contributed by atoms with Gasteiger partial charge in [0.15, 0.2) is 33.3 Å². The summed E-state index contributed by atoms with van der Waals surface area (Å²) in [5, 5.41) is 0. The fourth-order valence-electron chi connectivity index (χ4n) is 8.73. The molecule has 0 spiro atoms. The predicted octanol–water partition coefficient (Wildman–Crippen LogP) is 14.5. The van der Waals surface area contributed by atoms with Gasteiger partial charge in [-0.25, -0.2) is 4.79 Å². The molecule has 342 valence electrons. The molecule has 0 bridgehead atoms. The van der Waals surface area contributed by atoms with Crippen molar-refractivity contribution in [3.05, 3.63) is 11.6 Å².